The minimum atomic E-state index is -3.45. The van der Waals surface area contributed by atoms with Gasteiger partial charge in [0.2, 0.25) is 10.0 Å². The van der Waals surface area contributed by atoms with E-state index in [-0.39, 0.29) is 6.04 Å². The summed E-state index contributed by atoms with van der Waals surface area (Å²) >= 11 is 0. The van der Waals surface area contributed by atoms with Crippen LogP contribution in [0, 0.1) is 0 Å². The van der Waals surface area contributed by atoms with Crippen LogP contribution in [0.4, 0.5) is 0 Å². The van der Waals surface area contributed by atoms with Crippen LogP contribution in [0.15, 0.2) is 41.4 Å². The lowest BCUT2D eigenvalue weighted by Crippen LogP contribution is -2.40. The van der Waals surface area contributed by atoms with Gasteiger partial charge < -0.3 is 4.57 Å². The molecular weight excluding hydrogens is 308 g/mol. The van der Waals surface area contributed by atoms with Crippen molar-refractivity contribution in [2.45, 2.75) is 50.1 Å². The normalized spacial score (nSPS) is 21.7. The molecule has 122 valence electrons. The number of hydrogen-bond donors (Lipinski definition) is 0. The first kappa shape index (κ1) is 15.0. The van der Waals surface area contributed by atoms with E-state index in [1.165, 1.54) is 17.5 Å². The quantitative estimate of drug-likeness (QED) is 0.849. The van der Waals surface area contributed by atoms with Crippen LogP contribution in [-0.2, 0) is 29.4 Å². The van der Waals surface area contributed by atoms with Gasteiger partial charge in [-0.05, 0) is 68.0 Å². The lowest BCUT2D eigenvalue weighted by atomic mass is 9.92. The SMILES string of the molecule is CC1c2cccn2CCN1S(=O)(=O)c1ccc2c(c1)CCCC2. The molecule has 1 atom stereocenters. The molecule has 4 nitrogen and oxygen atoms in total. The van der Waals surface area contributed by atoms with Crippen LogP contribution in [0.25, 0.3) is 0 Å². The molecule has 2 aliphatic rings. The van der Waals surface area contributed by atoms with Gasteiger partial charge in [-0.15, -0.1) is 0 Å². The fourth-order valence-electron chi connectivity index (χ4n) is 3.89. The molecule has 1 aliphatic heterocycles. The number of fused-ring (bicyclic) bond motifs is 2. The highest BCUT2D eigenvalue weighted by Gasteiger charge is 2.34. The van der Waals surface area contributed by atoms with E-state index in [0.717, 1.165) is 31.5 Å². The molecule has 0 radical (unpaired) electrons. The largest absolute Gasteiger partial charge is 0.349 e. The third-order valence-electron chi connectivity index (χ3n) is 5.21. The molecule has 2 heterocycles. The predicted molar refractivity (Wildman–Crippen MR) is 89.8 cm³/mol. The van der Waals surface area contributed by atoms with Gasteiger partial charge in [-0.2, -0.15) is 4.31 Å². The van der Waals surface area contributed by atoms with Gasteiger partial charge in [-0.1, -0.05) is 6.07 Å². The first-order chi connectivity index (χ1) is 11.1. The summed E-state index contributed by atoms with van der Waals surface area (Å²) in [6.07, 6.45) is 6.46. The summed E-state index contributed by atoms with van der Waals surface area (Å²) in [6, 6.07) is 9.59. The molecule has 1 aliphatic carbocycles. The zero-order valence-corrected chi connectivity index (χ0v) is 14.2. The Bertz CT molecular complexity index is 838. The van der Waals surface area contributed by atoms with E-state index in [0.29, 0.717) is 11.4 Å². The van der Waals surface area contributed by atoms with Gasteiger partial charge in [-0.25, -0.2) is 8.42 Å². The van der Waals surface area contributed by atoms with Crippen LogP contribution < -0.4 is 0 Å². The van der Waals surface area contributed by atoms with Crippen molar-refractivity contribution in [1.82, 2.24) is 8.87 Å². The monoisotopic (exact) mass is 330 g/mol. The maximum absolute atomic E-state index is 13.1. The van der Waals surface area contributed by atoms with Crippen molar-refractivity contribution >= 4 is 10.0 Å². The topological polar surface area (TPSA) is 42.3 Å². The van der Waals surface area contributed by atoms with E-state index >= 15 is 0 Å². The summed E-state index contributed by atoms with van der Waals surface area (Å²) in [5.41, 5.74) is 3.60. The summed E-state index contributed by atoms with van der Waals surface area (Å²) in [6.45, 7) is 3.22. The fraction of sp³-hybridized carbons (Fsp3) is 0.444. The maximum atomic E-state index is 13.1. The number of hydrogen-bond acceptors (Lipinski definition) is 2. The summed E-state index contributed by atoms with van der Waals surface area (Å²) in [7, 11) is -3.45. The number of aromatic nitrogens is 1. The van der Waals surface area contributed by atoms with Gasteiger partial charge >= 0.3 is 0 Å². The lowest BCUT2D eigenvalue weighted by Gasteiger charge is -2.34. The zero-order valence-electron chi connectivity index (χ0n) is 13.4. The van der Waals surface area contributed by atoms with Crippen LogP contribution >= 0.6 is 0 Å². The van der Waals surface area contributed by atoms with E-state index < -0.39 is 10.0 Å². The van der Waals surface area contributed by atoms with Crippen molar-refractivity contribution < 1.29 is 8.42 Å². The van der Waals surface area contributed by atoms with Gasteiger partial charge in [0.25, 0.3) is 0 Å². The minimum Gasteiger partial charge on any atom is -0.349 e. The second-order valence-corrected chi connectivity index (χ2v) is 8.45. The number of sulfonamides is 1. The minimum absolute atomic E-state index is 0.125. The van der Waals surface area contributed by atoms with E-state index in [4.69, 9.17) is 0 Å². The van der Waals surface area contributed by atoms with Crippen LogP contribution in [-0.4, -0.2) is 23.8 Å². The van der Waals surface area contributed by atoms with Crippen molar-refractivity contribution in [3.63, 3.8) is 0 Å². The number of rotatable bonds is 2. The second-order valence-electron chi connectivity index (χ2n) is 6.56. The molecule has 1 unspecified atom stereocenters. The Morgan fingerprint density at radius 3 is 2.65 bits per heavy atom. The number of benzene rings is 1. The van der Waals surface area contributed by atoms with E-state index in [1.807, 2.05) is 37.4 Å². The molecule has 0 saturated heterocycles. The average molecular weight is 330 g/mol. The standard InChI is InChI=1S/C18H22N2O2S/c1-14-18-7-4-10-19(18)11-12-20(14)23(21,22)17-9-8-15-5-2-3-6-16(15)13-17/h4,7-10,13-14H,2-3,5-6,11-12H2,1H3. The highest BCUT2D eigenvalue weighted by Crippen LogP contribution is 2.32. The lowest BCUT2D eigenvalue weighted by molar-refractivity contribution is 0.282. The van der Waals surface area contributed by atoms with Crippen molar-refractivity contribution in [1.29, 1.82) is 0 Å². The van der Waals surface area contributed by atoms with E-state index in [9.17, 15) is 8.42 Å². The zero-order chi connectivity index (χ0) is 16.0. The summed E-state index contributed by atoms with van der Waals surface area (Å²) in [5.74, 6) is 0. The Balaban J connectivity index is 1.71. The molecule has 4 rings (SSSR count). The Labute approximate surface area is 137 Å². The summed E-state index contributed by atoms with van der Waals surface area (Å²) in [4.78, 5) is 0.449. The van der Waals surface area contributed by atoms with Gasteiger partial charge in [0.15, 0.2) is 0 Å². The Kier molecular flexibility index (Phi) is 3.58. The van der Waals surface area contributed by atoms with Gasteiger partial charge in [-0.3, -0.25) is 0 Å². The van der Waals surface area contributed by atoms with E-state index in [2.05, 4.69) is 4.57 Å². The first-order valence-electron chi connectivity index (χ1n) is 8.36. The Morgan fingerprint density at radius 1 is 1.04 bits per heavy atom. The maximum Gasteiger partial charge on any atom is 0.243 e. The molecule has 0 saturated carbocycles. The van der Waals surface area contributed by atoms with Crippen molar-refractivity contribution in [3.05, 3.63) is 53.3 Å². The van der Waals surface area contributed by atoms with Gasteiger partial charge in [0.05, 0.1) is 10.9 Å². The molecule has 1 aromatic heterocycles. The highest BCUT2D eigenvalue weighted by molar-refractivity contribution is 7.89. The predicted octanol–water partition coefficient (Wildman–Crippen LogP) is 3.13. The van der Waals surface area contributed by atoms with Crippen molar-refractivity contribution in [2.75, 3.05) is 6.54 Å². The van der Waals surface area contributed by atoms with E-state index in [1.54, 1.807) is 10.4 Å². The molecule has 2 aromatic rings. The van der Waals surface area contributed by atoms with Crippen molar-refractivity contribution in [2.24, 2.45) is 0 Å². The van der Waals surface area contributed by atoms with Crippen LogP contribution in [0.1, 0.15) is 42.6 Å². The first-order valence-corrected chi connectivity index (χ1v) is 9.80. The third-order valence-corrected chi connectivity index (χ3v) is 7.18. The Morgan fingerprint density at radius 2 is 1.83 bits per heavy atom. The van der Waals surface area contributed by atoms with Gasteiger partial charge in [0.1, 0.15) is 0 Å². The fourth-order valence-corrected chi connectivity index (χ4v) is 5.54. The third kappa shape index (κ3) is 2.42. The number of aryl methyl sites for hydroxylation is 2. The van der Waals surface area contributed by atoms with Crippen LogP contribution in [0.5, 0.6) is 0 Å². The molecule has 0 fully saturated rings. The van der Waals surface area contributed by atoms with Gasteiger partial charge in [0, 0.05) is 25.0 Å². The summed E-state index contributed by atoms with van der Waals surface area (Å²) in [5, 5.41) is 0. The summed E-state index contributed by atoms with van der Waals surface area (Å²) < 4.78 is 30.1. The molecule has 1 aromatic carbocycles. The Hall–Kier alpha value is -1.59. The molecule has 0 spiro atoms. The molecule has 0 bridgehead atoms. The molecule has 0 amide bonds. The smallest absolute Gasteiger partial charge is 0.243 e. The molecule has 23 heavy (non-hydrogen) atoms. The molecular formula is C18H22N2O2S. The van der Waals surface area contributed by atoms with Crippen LogP contribution in [0.2, 0.25) is 0 Å². The highest BCUT2D eigenvalue weighted by atomic mass is 32.2. The van der Waals surface area contributed by atoms with Crippen molar-refractivity contribution in [3.8, 4) is 0 Å². The molecule has 5 heteroatoms. The second kappa shape index (κ2) is 5.49. The van der Waals surface area contributed by atoms with Crippen LogP contribution in [0.3, 0.4) is 0 Å². The average Bonchev–Trinajstić information content (AvgIpc) is 3.04. The number of nitrogens with zero attached hydrogens (tertiary/aromatic N) is 2. The molecule has 0 N–H and O–H groups in total.